The molecule has 5 nitrogen and oxygen atoms in total. The van der Waals surface area contributed by atoms with Crippen molar-refractivity contribution in [2.45, 2.75) is 38.5 Å². The van der Waals surface area contributed by atoms with Gasteiger partial charge in [-0.25, -0.2) is 9.97 Å². The summed E-state index contributed by atoms with van der Waals surface area (Å²) in [6.45, 7) is 8.68. The standard InChI is InChI=1S/C24H25N3O2S2/c1-14(2)12-29-20-11-25-18(10-19(20)28)13-30-23-22-21(17-8-6-5-7-9-17)15(3)31-24(22)27-16(4)26-23/h5-11,14H,12-13H2,1-4H3,(H,25,28). The highest BCUT2D eigenvalue weighted by molar-refractivity contribution is 7.98. The van der Waals surface area contributed by atoms with Gasteiger partial charge in [0.05, 0.1) is 12.0 Å². The van der Waals surface area contributed by atoms with Crippen LogP contribution in [-0.2, 0) is 5.75 Å². The molecule has 4 aromatic rings. The van der Waals surface area contributed by atoms with Crippen LogP contribution in [-0.4, -0.2) is 21.6 Å². The van der Waals surface area contributed by atoms with Crippen molar-refractivity contribution in [2.24, 2.45) is 5.92 Å². The number of pyridine rings is 1. The molecule has 4 rings (SSSR count). The van der Waals surface area contributed by atoms with Gasteiger partial charge in [-0.05, 0) is 25.3 Å². The Balaban J connectivity index is 1.65. The van der Waals surface area contributed by atoms with Crippen LogP contribution in [0, 0.1) is 19.8 Å². The number of H-pyrrole nitrogens is 1. The predicted octanol–water partition coefficient (Wildman–Crippen LogP) is 5.99. The van der Waals surface area contributed by atoms with Gasteiger partial charge in [0.1, 0.15) is 15.7 Å². The lowest BCUT2D eigenvalue weighted by Gasteiger charge is -2.09. The minimum atomic E-state index is -0.102. The zero-order valence-corrected chi connectivity index (χ0v) is 19.7. The Bertz CT molecular complexity index is 1260. The summed E-state index contributed by atoms with van der Waals surface area (Å²) in [5, 5.41) is 2.02. The molecule has 0 aliphatic heterocycles. The van der Waals surface area contributed by atoms with Crippen LogP contribution in [0.15, 0.2) is 52.4 Å². The van der Waals surface area contributed by atoms with E-state index in [1.54, 1.807) is 35.4 Å². The molecule has 1 aromatic carbocycles. The van der Waals surface area contributed by atoms with E-state index >= 15 is 0 Å². The average Bonchev–Trinajstić information content (AvgIpc) is 3.07. The summed E-state index contributed by atoms with van der Waals surface area (Å²) in [6.07, 6.45) is 1.66. The van der Waals surface area contributed by atoms with Gasteiger partial charge in [0, 0.05) is 34.2 Å². The van der Waals surface area contributed by atoms with Gasteiger partial charge in [-0.1, -0.05) is 55.9 Å². The van der Waals surface area contributed by atoms with Crippen molar-refractivity contribution >= 4 is 33.3 Å². The molecule has 0 aliphatic carbocycles. The van der Waals surface area contributed by atoms with Gasteiger partial charge in [0.15, 0.2) is 5.75 Å². The third-order valence-electron chi connectivity index (χ3n) is 4.74. The number of thiophene rings is 1. The van der Waals surface area contributed by atoms with Crippen LogP contribution >= 0.6 is 23.1 Å². The number of aromatic amines is 1. The van der Waals surface area contributed by atoms with Gasteiger partial charge < -0.3 is 9.72 Å². The average molecular weight is 452 g/mol. The first kappa shape index (κ1) is 21.6. The van der Waals surface area contributed by atoms with E-state index in [0.717, 1.165) is 26.8 Å². The maximum Gasteiger partial charge on any atom is 0.223 e. The number of aryl methyl sites for hydroxylation is 2. The maximum absolute atomic E-state index is 12.4. The van der Waals surface area contributed by atoms with Gasteiger partial charge in [-0.2, -0.15) is 0 Å². The summed E-state index contributed by atoms with van der Waals surface area (Å²) in [5.74, 6) is 2.09. The van der Waals surface area contributed by atoms with Gasteiger partial charge >= 0.3 is 0 Å². The Morgan fingerprint density at radius 2 is 1.94 bits per heavy atom. The molecule has 0 spiro atoms. The molecule has 1 N–H and O–H groups in total. The Labute approximate surface area is 189 Å². The summed E-state index contributed by atoms with van der Waals surface area (Å²) < 4.78 is 5.59. The predicted molar refractivity (Wildman–Crippen MR) is 129 cm³/mol. The molecule has 0 saturated heterocycles. The molecular formula is C24H25N3O2S2. The van der Waals surface area contributed by atoms with E-state index in [1.165, 1.54) is 16.0 Å². The molecule has 0 atom stereocenters. The van der Waals surface area contributed by atoms with Gasteiger partial charge in [0.2, 0.25) is 5.43 Å². The monoisotopic (exact) mass is 451 g/mol. The van der Waals surface area contributed by atoms with Crippen molar-refractivity contribution in [3.63, 3.8) is 0 Å². The normalized spacial score (nSPS) is 11.4. The van der Waals surface area contributed by atoms with Crippen LogP contribution in [0.2, 0.25) is 0 Å². The number of hydrogen-bond donors (Lipinski definition) is 1. The van der Waals surface area contributed by atoms with Crippen molar-refractivity contribution in [1.82, 2.24) is 15.0 Å². The number of benzene rings is 1. The molecule has 0 radical (unpaired) electrons. The number of hydrogen-bond acceptors (Lipinski definition) is 6. The highest BCUT2D eigenvalue weighted by Gasteiger charge is 2.18. The highest BCUT2D eigenvalue weighted by Crippen LogP contribution is 2.42. The van der Waals surface area contributed by atoms with Crippen molar-refractivity contribution in [3.8, 4) is 16.9 Å². The third-order valence-corrected chi connectivity index (χ3v) is 6.77. The number of ether oxygens (including phenoxy) is 1. The van der Waals surface area contributed by atoms with E-state index in [9.17, 15) is 4.79 Å². The van der Waals surface area contributed by atoms with Crippen LogP contribution in [0.25, 0.3) is 21.3 Å². The number of rotatable bonds is 7. The zero-order valence-electron chi connectivity index (χ0n) is 18.1. The number of nitrogens with zero attached hydrogens (tertiary/aromatic N) is 2. The molecular weight excluding hydrogens is 426 g/mol. The van der Waals surface area contributed by atoms with Gasteiger partial charge in [0.25, 0.3) is 0 Å². The van der Waals surface area contributed by atoms with Gasteiger partial charge in [-0.3, -0.25) is 4.79 Å². The van der Waals surface area contributed by atoms with E-state index < -0.39 is 0 Å². The first-order valence-electron chi connectivity index (χ1n) is 10.2. The first-order chi connectivity index (χ1) is 14.9. The second-order valence-electron chi connectivity index (χ2n) is 7.84. The lowest BCUT2D eigenvalue weighted by Crippen LogP contribution is -2.13. The Kier molecular flexibility index (Phi) is 6.43. The molecule has 0 bridgehead atoms. The Hall–Kier alpha value is -2.64. The second-order valence-corrected chi connectivity index (χ2v) is 10.0. The summed E-state index contributed by atoms with van der Waals surface area (Å²) in [7, 11) is 0. The van der Waals surface area contributed by atoms with Crippen molar-refractivity contribution in [2.75, 3.05) is 6.61 Å². The third kappa shape index (κ3) is 4.83. The molecule has 0 fully saturated rings. The van der Waals surface area contributed by atoms with E-state index in [0.29, 0.717) is 24.0 Å². The summed E-state index contributed by atoms with van der Waals surface area (Å²) in [6, 6.07) is 12.0. The largest absolute Gasteiger partial charge is 0.488 e. The Morgan fingerprint density at radius 1 is 1.16 bits per heavy atom. The zero-order chi connectivity index (χ0) is 22.0. The van der Waals surface area contributed by atoms with Crippen LogP contribution in [0.5, 0.6) is 5.75 Å². The maximum atomic E-state index is 12.4. The van der Waals surface area contributed by atoms with Crippen LogP contribution in [0.3, 0.4) is 0 Å². The molecule has 160 valence electrons. The van der Waals surface area contributed by atoms with E-state index in [2.05, 4.69) is 42.9 Å². The van der Waals surface area contributed by atoms with Crippen LogP contribution in [0.1, 0.15) is 30.2 Å². The fraction of sp³-hybridized carbons (Fsp3) is 0.292. The number of nitrogens with one attached hydrogen (secondary N) is 1. The molecule has 31 heavy (non-hydrogen) atoms. The smallest absolute Gasteiger partial charge is 0.223 e. The summed E-state index contributed by atoms with van der Waals surface area (Å²) >= 11 is 3.31. The minimum absolute atomic E-state index is 0.102. The molecule has 3 aromatic heterocycles. The molecule has 0 unspecified atom stereocenters. The van der Waals surface area contributed by atoms with E-state index in [1.807, 2.05) is 25.1 Å². The number of aromatic nitrogens is 3. The minimum Gasteiger partial charge on any atom is -0.488 e. The molecule has 0 amide bonds. The molecule has 0 aliphatic rings. The van der Waals surface area contributed by atoms with Crippen LogP contribution in [0.4, 0.5) is 0 Å². The van der Waals surface area contributed by atoms with Crippen LogP contribution < -0.4 is 10.2 Å². The summed E-state index contributed by atoms with van der Waals surface area (Å²) in [5.41, 5.74) is 3.09. The second kappa shape index (κ2) is 9.24. The van der Waals surface area contributed by atoms with Crippen molar-refractivity contribution in [3.05, 3.63) is 69.2 Å². The summed E-state index contributed by atoms with van der Waals surface area (Å²) in [4.78, 5) is 27.2. The molecule has 7 heteroatoms. The quantitative estimate of drug-likeness (QED) is 0.276. The molecule has 3 heterocycles. The first-order valence-corrected chi connectivity index (χ1v) is 12.0. The lowest BCUT2D eigenvalue weighted by molar-refractivity contribution is 0.268. The number of fused-ring (bicyclic) bond motifs is 1. The number of thioether (sulfide) groups is 1. The molecule has 0 saturated carbocycles. The lowest BCUT2D eigenvalue weighted by atomic mass is 10.0. The SMILES string of the molecule is Cc1nc(SCc2cc(=O)c(OCC(C)C)c[nH]2)c2c(-c3ccccc3)c(C)sc2n1. The van der Waals surface area contributed by atoms with Crippen molar-refractivity contribution in [1.29, 1.82) is 0 Å². The van der Waals surface area contributed by atoms with Gasteiger partial charge in [-0.15, -0.1) is 11.3 Å². The Morgan fingerprint density at radius 3 is 2.65 bits per heavy atom. The fourth-order valence-corrected chi connectivity index (χ4v) is 5.49. The van der Waals surface area contributed by atoms with Crippen molar-refractivity contribution < 1.29 is 4.74 Å². The highest BCUT2D eigenvalue weighted by atomic mass is 32.2. The topological polar surface area (TPSA) is 67.9 Å². The van der Waals surface area contributed by atoms with E-state index in [4.69, 9.17) is 9.72 Å². The van der Waals surface area contributed by atoms with E-state index in [-0.39, 0.29) is 5.43 Å². The fourth-order valence-electron chi connectivity index (χ4n) is 3.34.